The van der Waals surface area contributed by atoms with Crippen molar-refractivity contribution in [3.05, 3.63) is 35.4 Å². The molecule has 6 heteroatoms. The van der Waals surface area contributed by atoms with Gasteiger partial charge in [0, 0.05) is 6.54 Å². The number of ether oxygens (including phenoxy) is 1. The maximum Gasteiger partial charge on any atom is 0.310 e. The summed E-state index contributed by atoms with van der Waals surface area (Å²) in [5, 5.41) is 0. The zero-order valence-electron chi connectivity index (χ0n) is 13.2. The third-order valence-electron chi connectivity index (χ3n) is 4.35. The van der Waals surface area contributed by atoms with Crippen LogP contribution in [0.5, 0.6) is 0 Å². The number of carbonyl (C=O) groups excluding carboxylic acids is 3. The minimum atomic E-state index is -0.260. The molecule has 1 fully saturated rings. The van der Waals surface area contributed by atoms with Crippen LogP contribution >= 0.6 is 0 Å². The lowest BCUT2D eigenvalue weighted by atomic mass is 9.98. The Kier molecular flexibility index (Phi) is 4.43. The summed E-state index contributed by atoms with van der Waals surface area (Å²) in [6.45, 7) is 3.67. The lowest BCUT2D eigenvalue weighted by Crippen LogP contribution is -2.47. The summed E-state index contributed by atoms with van der Waals surface area (Å²) in [6.07, 6.45) is 1.64. The zero-order valence-corrected chi connectivity index (χ0v) is 13.2. The molecule has 0 spiro atoms. The van der Waals surface area contributed by atoms with E-state index in [4.69, 9.17) is 4.74 Å². The second-order valence-corrected chi connectivity index (χ2v) is 5.89. The second-order valence-electron chi connectivity index (χ2n) is 5.89. The van der Waals surface area contributed by atoms with Gasteiger partial charge in [-0.15, -0.1) is 0 Å². The molecule has 0 N–H and O–H groups in total. The Balaban J connectivity index is 1.67. The average Bonchev–Trinajstić information content (AvgIpc) is 2.81. The number of likely N-dealkylation sites (tertiary alicyclic amines) is 1. The first-order chi connectivity index (χ1) is 11.1. The number of amides is 2. The van der Waals surface area contributed by atoms with Crippen LogP contribution in [0.4, 0.5) is 0 Å². The highest BCUT2D eigenvalue weighted by Gasteiger charge is 2.37. The number of carbonyl (C=O) groups is 3. The Morgan fingerprint density at radius 2 is 1.87 bits per heavy atom. The van der Waals surface area contributed by atoms with Crippen LogP contribution in [0, 0.1) is 5.92 Å². The maximum absolute atomic E-state index is 12.4. The first-order valence-corrected chi connectivity index (χ1v) is 7.96. The van der Waals surface area contributed by atoms with Crippen molar-refractivity contribution in [1.29, 1.82) is 0 Å². The van der Waals surface area contributed by atoms with Gasteiger partial charge in [0.2, 0.25) is 0 Å². The van der Waals surface area contributed by atoms with Crippen molar-refractivity contribution >= 4 is 17.8 Å². The zero-order chi connectivity index (χ0) is 16.4. The van der Waals surface area contributed by atoms with E-state index in [0.717, 1.165) is 19.4 Å². The molecule has 122 valence electrons. The van der Waals surface area contributed by atoms with E-state index in [1.807, 2.05) is 4.90 Å². The molecule has 1 unspecified atom stereocenters. The number of hydrogen-bond acceptors (Lipinski definition) is 5. The van der Waals surface area contributed by atoms with E-state index in [2.05, 4.69) is 0 Å². The Hall–Kier alpha value is -2.21. The van der Waals surface area contributed by atoms with E-state index < -0.39 is 0 Å². The van der Waals surface area contributed by atoms with Crippen molar-refractivity contribution in [3.8, 4) is 0 Å². The molecule has 23 heavy (non-hydrogen) atoms. The van der Waals surface area contributed by atoms with Crippen molar-refractivity contribution in [2.75, 3.05) is 26.4 Å². The van der Waals surface area contributed by atoms with E-state index in [0.29, 0.717) is 24.3 Å². The highest BCUT2D eigenvalue weighted by molar-refractivity contribution is 6.21. The Morgan fingerprint density at radius 3 is 2.48 bits per heavy atom. The quantitative estimate of drug-likeness (QED) is 0.622. The molecule has 2 heterocycles. The van der Waals surface area contributed by atoms with E-state index >= 15 is 0 Å². The molecule has 2 aliphatic heterocycles. The largest absolute Gasteiger partial charge is 0.466 e. The van der Waals surface area contributed by atoms with Crippen LogP contribution < -0.4 is 0 Å². The van der Waals surface area contributed by atoms with Crippen LogP contribution in [-0.4, -0.2) is 53.9 Å². The fourth-order valence-electron chi connectivity index (χ4n) is 3.20. The van der Waals surface area contributed by atoms with Crippen LogP contribution in [0.1, 0.15) is 40.5 Å². The van der Waals surface area contributed by atoms with Crippen molar-refractivity contribution in [2.24, 2.45) is 5.92 Å². The monoisotopic (exact) mass is 316 g/mol. The van der Waals surface area contributed by atoms with Gasteiger partial charge in [0.15, 0.2) is 0 Å². The normalized spacial score (nSPS) is 21.4. The first-order valence-electron chi connectivity index (χ1n) is 7.96. The minimum absolute atomic E-state index is 0.182. The molecule has 0 aliphatic carbocycles. The number of piperidine rings is 1. The summed E-state index contributed by atoms with van der Waals surface area (Å²) in [5.74, 6) is -0.897. The predicted molar refractivity (Wildman–Crippen MR) is 82.7 cm³/mol. The maximum atomic E-state index is 12.4. The van der Waals surface area contributed by atoms with E-state index in [9.17, 15) is 14.4 Å². The van der Waals surface area contributed by atoms with Crippen molar-refractivity contribution in [2.45, 2.75) is 19.8 Å². The van der Waals surface area contributed by atoms with Crippen LogP contribution in [-0.2, 0) is 9.53 Å². The summed E-state index contributed by atoms with van der Waals surface area (Å²) >= 11 is 0. The average molecular weight is 316 g/mol. The molecule has 0 radical (unpaired) electrons. The Morgan fingerprint density at radius 1 is 1.22 bits per heavy atom. The molecule has 0 aromatic heterocycles. The fourth-order valence-corrected chi connectivity index (χ4v) is 3.20. The van der Waals surface area contributed by atoms with E-state index in [1.165, 1.54) is 4.90 Å². The third kappa shape index (κ3) is 2.99. The van der Waals surface area contributed by atoms with Gasteiger partial charge >= 0.3 is 5.97 Å². The molecule has 2 amide bonds. The van der Waals surface area contributed by atoms with E-state index in [1.54, 1.807) is 31.2 Å². The third-order valence-corrected chi connectivity index (χ3v) is 4.35. The van der Waals surface area contributed by atoms with Gasteiger partial charge in [0.05, 0.1) is 30.3 Å². The highest BCUT2D eigenvalue weighted by atomic mass is 16.5. The van der Waals surface area contributed by atoms with Crippen molar-refractivity contribution < 1.29 is 19.1 Å². The van der Waals surface area contributed by atoms with Gasteiger partial charge in [-0.1, -0.05) is 12.1 Å². The van der Waals surface area contributed by atoms with Gasteiger partial charge in [-0.05, 0) is 38.4 Å². The van der Waals surface area contributed by atoms with Gasteiger partial charge in [-0.2, -0.15) is 0 Å². The highest BCUT2D eigenvalue weighted by Crippen LogP contribution is 2.24. The topological polar surface area (TPSA) is 66.9 Å². The smallest absolute Gasteiger partial charge is 0.310 e. The molecular formula is C17H20N2O4. The van der Waals surface area contributed by atoms with Gasteiger partial charge in [0.1, 0.15) is 0 Å². The van der Waals surface area contributed by atoms with Gasteiger partial charge in [0.25, 0.3) is 11.8 Å². The van der Waals surface area contributed by atoms with Gasteiger partial charge in [-0.3, -0.25) is 24.2 Å². The molecule has 1 saturated heterocycles. The van der Waals surface area contributed by atoms with Crippen LogP contribution in [0.2, 0.25) is 0 Å². The number of imide groups is 1. The number of hydrogen-bond donors (Lipinski definition) is 0. The SMILES string of the molecule is CCOC(=O)C1CCCN(CN2C(=O)c3ccccc3C2=O)C1. The molecule has 0 bridgehead atoms. The number of fused-ring (bicyclic) bond motifs is 1. The molecule has 1 atom stereocenters. The van der Waals surface area contributed by atoms with Crippen molar-refractivity contribution in [3.63, 3.8) is 0 Å². The van der Waals surface area contributed by atoms with E-state index in [-0.39, 0.29) is 30.4 Å². The summed E-state index contributed by atoms with van der Waals surface area (Å²) < 4.78 is 5.08. The lowest BCUT2D eigenvalue weighted by molar-refractivity contribution is -0.150. The minimum Gasteiger partial charge on any atom is -0.466 e. The fraction of sp³-hybridized carbons (Fsp3) is 0.471. The molecule has 2 aliphatic rings. The summed E-state index contributed by atoms with van der Waals surface area (Å²) in [7, 11) is 0. The summed E-state index contributed by atoms with van der Waals surface area (Å²) in [6, 6.07) is 6.86. The summed E-state index contributed by atoms with van der Waals surface area (Å²) in [4.78, 5) is 39.9. The van der Waals surface area contributed by atoms with Gasteiger partial charge < -0.3 is 4.74 Å². The number of benzene rings is 1. The number of esters is 1. The standard InChI is InChI=1S/C17H20N2O4/c1-2-23-17(22)12-6-5-9-18(10-12)11-19-15(20)13-7-3-4-8-14(13)16(19)21/h3-4,7-8,12H,2,5-6,9-11H2,1H3. The molecule has 1 aromatic carbocycles. The lowest BCUT2D eigenvalue weighted by Gasteiger charge is -2.33. The number of rotatable bonds is 4. The number of nitrogens with zero attached hydrogens (tertiary/aromatic N) is 2. The molecule has 0 saturated carbocycles. The summed E-state index contributed by atoms with van der Waals surface area (Å²) in [5.41, 5.74) is 0.910. The Labute approximate surface area is 135 Å². The predicted octanol–water partition coefficient (Wildman–Crippen LogP) is 1.52. The van der Waals surface area contributed by atoms with Crippen molar-refractivity contribution in [1.82, 2.24) is 9.80 Å². The van der Waals surface area contributed by atoms with Crippen LogP contribution in [0.3, 0.4) is 0 Å². The molecule has 3 rings (SSSR count). The molecule has 6 nitrogen and oxygen atoms in total. The molecule has 1 aromatic rings. The Bertz CT molecular complexity index is 608. The second kappa shape index (κ2) is 6.50. The van der Waals surface area contributed by atoms with Crippen LogP contribution in [0.25, 0.3) is 0 Å². The first kappa shape index (κ1) is 15.7. The molecular weight excluding hydrogens is 296 g/mol. The van der Waals surface area contributed by atoms with Gasteiger partial charge in [-0.25, -0.2) is 0 Å². The van der Waals surface area contributed by atoms with Crippen LogP contribution in [0.15, 0.2) is 24.3 Å².